The molecule has 0 aliphatic heterocycles. The van der Waals surface area contributed by atoms with Gasteiger partial charge in [0.1, 0.15) is 12.4 Å². The zero-order valence-electron chi connectivity index (χ0n) is 20.2. The highest BCUT2D eigenvalue weighted by molar-refractivity contribution is 7.92. The van der Waals surface area contributed by atoms with Crippen LogP contribution in [0.1, 0.15) is 28.3 Å². The Bertz CT molecular complexity index is 1460. The zero-order chi connectivity index (χ0) is 25.2. The van der Waals surface area contributed by atoms with Crippen LogP contribution in [0, 0.1) is 27.7 Å². The van der Waals surface area contributed by atoms with E-state index in [2.05, 4.69) is 14.9 Å². The number of pyridine rings is 1. The Labute approximate surface area is 205 Å². The molecule has 2 aromatic heterocycles. The van der Waals surface area contributed by atoms with Crippen molar-refractivity contribution in [2.75, 3.05) is 11.8 Å². The van der Waals surface area contributed by atoms with E-state index in [-0.39, 0.29) is 10.7 Å². The first-order valence-corrected chi connectivity index (χ1v) is 12.5. The van der Waals surface area contributed by atoms with Gasteiger partial charge in [-0.3, -0.25) is 9.71 Å². The van der Waals surface area contributed by atoms with Crippen LogP contribution in [0.15, 0.2) is 64.0 Å². The van der Waals surface area contributed by atoms with Crippen LogP contribution in [0.5, 0.6) is 11.5 Å². The van der Waals surface area contributed by atoms with Crippen molar-refractivity contribution in [1.82, 2.24) is 10.1 Å². The molecule has 0 atom stereocenters. The number of anilines is 1. The van der Waals surface area contributed by atoms with Gasteiger partial charge in [-0.25, -0.2) is 8.42 Å². The predicted octanol–water partition coefficient (Wildman–Crippen LogP) is 5.36. The van der Waals surface area contributed by atoms with Gasteiger partial charge in [0.2, 0.25) is 0 Å². The van der Waals surface area contributed by atoms with Crippen LogP contribution in [-0.4, -0.2) is 25.7 Å². The minimum atomic E-state index is -3.89. The van der Waals surface area contributed by atoms with E-state index in [9.17, 15) is 8.42 Å². The fraction of sp³-hybridized carbons (Fsp3) is 0.231. The monoisotopic (exact) mass is 493 g/mol. The molecular formula is C26H27N3O5S. The van der Waals surface area contributed by atoms with Crippen molar-refractivity contribution >= 4 is 15.8 Å². The van der Waals surface area contributed by atoms with Crippen molar-refractivity contribution in [3.8, 4) is 22.6 Å². The molecule has 182 valence electrons. The van der Waals surface area contributed by atoms with Crippen LogP contribution in [0.4, 0.5) is 5.82 Å². The van der Waals surface area contributed by atoms with Gasteiger partial charge in [-0.1, -0.05) is 47.6 Å². The van der Waals surface area contributed by atoms with Gasteiger partial charge in [-0.05, 0) is 44.9 Å². The summed E-state index contributed by atoms with van der Waals surface area (Å²) in [7, 11) is -2.30. The molecule has 9 heteroatoms. The van der Waals surface area contributed by atoms with Crippen LogP contribution in [-0.2, 0) is 16.6 Å². The molecule has 0 saturated carbocycles. The van der Waals surface area contributed by atoms with E-state index in [1.807, 2.05) is 44.2 Å². The molecule has 8 nitrogen and oxygen atoms in total. The molecule has 0 aliphatic rings. The summed E-state index contributed by atoms with van der Waals surface area (Å²) in [4.78, 5) is 4.55. The minimum Gasteiger partial charge on any atom is -0.491 e. The largest absolute Gasteiger partial charge is 0.491 e. The standard InChI is InChI=1S/C26H27N3O5S/c1-16-14-23(25(32-5)18(3)27-16)33-15-20-10-12-21(13-11-20)22-8-6-7-9-24(22)35(30,31)29-26-17(2)19(4)34-28-26/h6-14H,15H2,1-5H3,(H,28,29). The lowest BCUT2D eigenvalue weighted by Crippen LogP contribution is -2.15. The maximum Gasteiger partial charge on any atom is 0.263 e. The van der Waals surface area contributed by atoms with E-state index in [1.54, 1.807) is 45.2 Å². The van der Waals surface area contributed by atoms with Crippen LogP contribution < -0.4 is 14.2 Å². The Balaban J connectivity index is 1.56. The fourth-order valence-corrected chi connectivity index (χ4v) is 5.00. The molecule has 0 spiro atoms. The second kappa shape index (κ2) is 9.79. The van der Waals surface area contributed by atoms with Crippen molar-refractivity contribution < 1.29 is 22.4 Å². The third kappa shape index (κ3) is 5.14. The average molecular weight is 494 g/mol. The van der Waals surface area contributed by atoms with Gasteiger partial charge >= 0.3 is 0 Å². The number of aromatic nitrogens is 2. The summed E-state index contributed by atoms with van der Waals surface area (Å²) < 4.78 is 45.4. The average Bonchev–Trinajstić information content (AvgIpc) is 3.14. The minimum absolute atomic E-state index is 0.150. The molecule has 4 aromatic rings. The number of nitrogens with one attached hydrogen (secondary N) is 1. The Kier molecular flexibility index (Phi) is 6.79. The molecule has 0 fully saturated rings. The molecular weight excluding hydrogens is 466 g/mol. The van der Waals surface area contributed by atoms with E-state index < -0.39 is 10.0 Å². The van der Waals surface area contributed by atoms with Gasteiger partial charge < -0.3 is 14.0 Å². The van der Waals surface area contributed by atoms with Crippen molar-refractivity contribution in [3.05, 3.63) is 82.9 Å². The number of rotatable bonds is 8. The lowest BCUT2D eigenvalue weighted by atomic mass is 10.0. The summed E-state index contributed by atoms with van der Waals surface area (Å²) in [5.74, 6) is 1.98. The SMILES string of the molecule is COc1c(OCc2ccc(-c3ccccc3S(=O)(=O)Nc3noc(C)c3C)cc2)cc(C)nc1C. The number of nitrogens with zero attached hydrogens (tertiary/aromatic N) is 2. The Hall–Kier alpha value is -3.85. The van der Waals surface area contributed by atoms with E-state index in [0.717, 1.165) is 22.5 Å². The van der Waals surface area contributed by atoms with Crippen LogP contribution in [0.25, 0.3) is 11.1 Å². The number of hydrogen-bond acceptors (Lipinski definition) is 7. The molecule has 0 amide bonds. The normalized spacial score (nSPS) is 11.3. The molecule has 0 radical (unpaired) electrons. The number of aryl methyl sites for hydroxylation is 3. The maximum absolute atomic E-state index is 13.2. The molecule has 35 heavy (non-hydrogen) atoms. The Morgan fingerprint density at radius 3 is 2.37 bits per heavy atom. The van der Waals surface area contributed by atoms with E-state index in [0.29, 0.717) is 35.0 Å². The number of sulfonamides is 1. The molecule has 2 heterocycles. The van der Waals surface area contributed by atoms with Crippen LogP contribution >= 0.6 is 0 Å². The quantitative estimate of drug-likeness (QED) is 0.352. The first kappa shape index (κ1) is 24.3. The summed E-state index contributed by atoms with van der Waals surface area (Å²) in [6.45, 7) is 7.58. The number of methoxy groups -OCH3 is 1. The third-order valence-corrected chi connectivity index (χ3v) is 7.06. The molecule has 0 unspecified atom stereocenters. The summed E-state index contributed by atoms with van der Waals surface area (Å²) in [6.07, 6.45) is 0. The number of benzene rings is 2. The first-order chi connectivity index (χ1) is 16.7. The van der Waals surface area contributed by atoms with E-state index >= 15 is 0 Å². The second-order valence-corrected chi connectivity index (χ2v) is 9.83. The fourth-order valence-electron chi connectivity index (χ4n) is 3.71. The summed E-state index contributed by atoms with van der Waals surface area (Å²) in [5.41, 5.74) is 4.52. The number of ether oxygens (including phenoxy) is 2. The molecule has 4 rings (SSSR count). The number of hydrogen-bond donors (Lipinski definition) is 1. The van der Waals surface area contributed by atoms with Crippen molar-refractivity contribution in [1.29, 1.82) is 0 Å². The van der Waals surface area contributed by atoms with Crippen molar-refractivity contribution in [2.24, 2.45) is 0 Å². The van der Waals surface area contributed by atoms with Gasteiger partial charge in [0.05, 0.1) is 17.7 Å². The smallest absolute Gasteiger partial charge is 0.263 e. The van der Waals surface area contributed by atoms with Gasteiger partial charge in [-0.15, -0.1) is 0 Å². The van der Waals surface area contributed by atoms with Gasteiger partial charge in [-0.2, -0.15) is 0 Å². The Morgan fingerprint density at radius 2 is 1.71 bits per heavy atom. The van der Waals surface area contributed by atoms with Crippen molar-refractivity contribution in [3.63, 3.8) is 0 Å². The first-order valence-electron chi connectivity index (χ1n) is 11.0. The van der Waals surface area contributed by atoms with Crippen molar-refractivity contribution in [2.45, 2.75) is 39.2 Å². The topological polar surface area (TPSA) is 104 Å². The lowest BCUT2D eigenvalue weighted by molar-refractivity contribution is 0.282. The molecule has 0 saturated heterocycles. The maximum atomic E-state index is 13.2. The highest BCUT2D eigenvalue weighted by atomic mass is 32.2. The molecule has 0 bridgehead atoms. The van der Waals surface area contributed by atoms with Gasteiger partial charge in [0.15, 0.2) is 17.3 Å². The highest BCUT2D eigenvalue weighted by Gasteiger charge is 2.22. The highest BCUT2D eigenvalue weighted by Crippen LogP contribution is 2.32. The lowest BCUT2D eigenvalue weighted by Gasteiger charge is -2.14. The van der Waals surface area contributed by atoms with E-state index in [1.165, 1.54) is 0 Å². The van der Waals surface area contributed by atoms with Crippen LogP contribution in [0.2, 0.25) is 0 Å². The molecule has 1 N–H and O–H groups in total. The summed E-state index contributed by atoms with van der Waals surface area (Å²) in [5, 5.41) is 3.82. The molecule has 0 aliphatic carbocycles. The zero-order valence-corrected chi connectivity index (χ0v) is 21.1. The second-order valence-electron chi connectivity index (χ2n) is 8.18. The Morgan fingerprint density at radius 1 is 1.00 bits per heavy atom. The predicted molar refractivity (Wildman–Crippen MR) is 133 cm³/mol. The van der Waals surface area contributed by atoms with Gasteiger partial charge in [0.25, 0.3) is 10.0 Å². The van der Waals surface area contributed by atoms with Crippen LogP contribution in [0.3, 0.4) is 0 Å². The van der Waals surface area contributed by atoms with Gasteiger partial charge in [0, 0.05) is 22.9 Å². The molecule has 2 aromatic carbocycles. The summed E-state index contributed by atoms with van der Waals surface area (Å²) in [6, 6.07) is 16.2. The summed E-state index contributed by atoms with van der Waals surface area (Å²) >= 11 is 0. The van der Waals surface area contributed by atoms with E-state index in [4.69, 9.17) is 14.0 Å². The third-order valence-electron chi connectivity index (χ3n) is 5.66.